The number of benzene rings is 2. The predicted molar refractivity (Wildman–Crippen MR) is 158 cm³/mol. The van der Waals surface area contributed by atoms with Gasteiger partial charge < -0.3 is 23.8 Å². The maximum absolute atomic E-state index is 13.8. The monoisotopic (exact) mass is 611 g/mol. The number of hydrogen-bond acceptors (Lipinski definition) is 9. The van der Waals surface area contributed by atoms with Gasteiger partial charge in [0.1, 0.15) is 0 Å². The molecule has 5 rings (SSSR count). The zero-order valence-corrected chi connectivity index (χ0v) is 25.0. The number of esters is 1. The fourth-order valence-corrected chi connectivity index (χ4v) is 6.01. The first-order valence-electron chi connectivity index (χ1n) is 13.4. The van der Waals surface area contributed by atoms with Gasteiger partial charge in [-0.25, -0.2) is 9.79 Å². The summed E-state index contributed by atoms with van der Waals surface area (Å²) < 4.78 is 23.9. The first-order chi connectivity index (χ1) is 20.3. The maximum atomic E-state index is 13.8. The minimum Gasteiger partial charge on any atom is -0.493 e. The highest BCUT2D eigenvalue weighted by atomic mass is 35.5. The molecule has 0 radical (unpaired) electrons. The van der Waals surface area contributed by atoms with E-state index < -0.39 is 12.0 Å². The lowest BCUT2D eigenvalue weighted by Crippen LogP contribution is -2.43. The molecule has 220 valence electrons. The number of thiazole rings is 1. The highest BCUT2D eigenvalue weighted by molar-refractivity contribution is 7.07. The predicted octanol–water partition coefficient (Wildman–Crippen LogP) is 2.70. The summed E-state index contributed by atoms with van der Waals surface area (Å²) in [6.45, 7) is 5.63. The van der Waals surface area contributed by atoms with E-state index in [9.17, 15) is 14.4 Å². The van der Waals surface area contributed by atoms with Crippen molar-refractivity contribution >= 4 is 40.9 Å². The number of morpholine rings is 1. The molecule has 2 aromatic carbocycles. The molecule has 1 amide bonds. The van der Waals surface area contributed by atoms with Crippen molar-refractivity contribution in [2.45, 2.75) is 19.9 Å². The number of aromatic nitrogens is 1. The number of nitrogens with zero attached hydrogens (tertiary/aromatic N) is 3. The molecule has 0 bridgehead atoms. The fraction of sp³-hybridized carbons (Fsp3) is 0.333. The number of amides is 1. The molecule has 0 aliphatic carbocycles. The standard InChI is InChI=1S/C30H30ClN3O7S/c1-4-40-29(37)26-18(2)32-30-34(27(26)20-6-8-21(31)9-7-20)28(36)24(42-30)16-19-5-10-22(23(15-19)38-3)41-17-25(35)33-11-13-39-14-12-33/h5-10,15-16,27H,4,11-14,17H2,1-3H3/b24-16+/t27-/m1/s1. The number of carbonyl (C=O) groups excluding carboxylic acids is 2. The third-order valence-electron chi connectivity index (χ3n) is 6.90. The van der Waals surface area contributed by atoms with Crippen LogP contribution in [0.1, 0.15) is 31.0 Å². The highest BCUT2D eigenvalue weighted by Gasteiger charge is 2.33. The molecule has 2 aliphatic rings. The lowest BCUT2D eigenvalue weighted by Gasteiger charge is -2.26. The molecule has 1 fully saturated rings. The lowest BCUT2D eigenvalue weighted by atomic mass is 9.96. The van der Waals surface area contributed by atoms with Crippen molar-refractivity contribution in [3.05, 3.63) is 89.6 Å². The van der Waals surface area contributed by atoms with Crippen LogP contribution in [-0.4, -0.2) is 68.0 Å². The first kappa shape index (κ1) is 29.6. The molecule has 2 aliphatic heterocycles. The minimum atomic E-state index is -0.728. The molecule has 42 heavy (non-hydrogen) atoms. The van der Waals surface area contributed by atoms with Crippen molar-refractivity contribution < 1.29 is 28.5 Å². The maximum Gasteiger partial charge on any atom is 0.338 e. The Bertz CT molecular complexity index is 1710. The van der Waals surface area contributed by atoms with Gasteiger partial charge in [-0.15, -0.1) is 0 Å². The van der Waals surface area contributed by atoms with E-state index >= 15 is 0 Å². The number of ether oxygens (including phenoxy) is 4. The topological polar surface area (TPSA) is 109 Å². The number of allylic oxidation sites excluding steroid dienone is 1. The number of halogens is 1. The van der Waals surface area contributed by atoms with E-state index in [0.717, 1.165) is 0 Å². The number of hydrogen-bond donors (Lipinski definition) is 0. The largest absolute Gasteiger partial charge is 0.493 e. The molecule has 10 nitrogen and oxygen atoms in total. The van der Waals surface area contributed by atoms with Gasteiger partial charge in [0.25, 0.3) is 11.5 Å². The van der Waals surface area contributed by atoms with Crippen LogP contribution in [0, 0.1) is 0 Å². The molecule has 0 N–H and O–H groups in total. The minimum absolute atomic E-state index is 0.124. The van der Waals surface area contributed by atoms with Gasteiger partial charge in [0.15, 0.2) is 22.9 Å². The molecule has 0 spiro atoms. The van der Waals surface area contributed by atoms with Crippen molar-refractivity contribution in [2.24, 2.45) is 4.99 Å². The van der Waals surface area contributed by atoms with E-state index in [4.69, 9.17) is 30.5 Å². The van der Waals surface area contributed by atoms with Crippen molar-refractivity contribution in [3.63, 3.8) is 0 Å². The summed E-state index contributed by atoms with van der Waals surface area (Å²) in [6.07, 6.45) is 1.73. The average molecular weight is 612 g/mol. The summed E-state index contributed by atoms with van der Waals surface area (Å²) in [5.41, 5.74) is 1.87. The number of fused-ring (bicyclic) bond motifs is 1. The Morgan fingerprint density at radius 1 is 1.14 bits per heavy atom. The summed E-state index contributed by atoms with van der Waals surface area (Å²) in [7, 11) is 1.51. The van der Waals surface area contributed by atoms with E-state index in [-0.39, 0.29) is 24.7 Å². The van der Waals surface area contributed by atoms with Gasteiger partial charge >= 0.3 is 5.97 Å². The van der Waals surface area contributed by atoms with Crippen molar-refractivity contribution in [2.75, 3.05) is 46.6 Å². The highest BCUT2D eigenvalue weighted by Crippen LogP contribution is 2.32. The SMILES string of the molecule is CCOC(=O)C1=C(C)N=c2s/c(=C/c3ccc(OCC(=O)N4CCOCC4)c(OC)c3)c(=O)n2[C@@H]1c1ccc(Cl)cc1. The van der Waals surface area contributed by atoms with Crippen LogP contribution in [0.5, 0.6) is 11.5 Å². The van der Waals surface area contributed by atoms with E-state index in [2.05, 4.69) is 4.99 Å². The summed E-state index contributed by atoms with van der Waals surface area (Å²) in [5, 5.41) is 0.538. The average Bonchev–Trinajstić information content (AvgIpc) is 3.30. The molecule has 0 unspecified atom stereocenters. The van der Waals surface area contributed by atoms with Gasteiger partial charge in [0.05, 0.1) is 48.8 Å². The lowest BCUT2D eigenvalue weighted by molar-refractivity contribution is -0.139. The van der Waals surface area contributed by atoms with E-state index in [1.165, 1.54) is 23.0 Å². The van der Waals surface area contributed by atoms with Gasteiger partial charge in [-0.1, -0.05) is 41.1 Å². The Balaban J connectivity index is 1.49. The Morgan fingerprint density at radius 3 is 2.57 bits per heavy atom. The molecule has 3 heterocycles. The molecule has 0 saturated carbocycles. The number of methoxy groups -OCH3 is 1. The number of rotatable bonds is 8. The summed E-state index contributed by atoms with van der Waals surface area (Å²) in [4.78, 5) is 46.1. The summed E-state index contributed by atoms with van der Waals surface area (Å²) in [5.74, 6) is 0.180. The molecule has 1 aromatic heterocycles. The van der Waals surface area contributed by atoms with Crippen molar-refractivity contribution in [3.8, 4) is 11.5 Å². The second-order valence-electron chi connectivity index (χ2n) is 9.55. The van der Waals surface area contributed by atoms with Crippen LogP contribution >= 0.6 is 22.9 Å². The summed E-state index contributed by atoms with van der Waals surface area (Å²) >= 11 is 7.34. The van der Waals surface area contributed by atoms with Crippen LogP contribution in [0.3, 0.4) is 0 Å². The molecule has 1 atom stereocenters. The zero-order valence-electron chi connectivity index (χ0n) is 23.4. The van der Waals surface area contributed by atoms with Gasteiger partial charge in [-0.2, -0.15) is 0 Å². The zero-order chi connectivity index (χ0) is 29.8. The Labute approximate surface area is 251 Å². The Kier molecular flexibility index (Phi) is 9.10. The molecular formula is C30H30ClN3O7S. The molecular weight excluding hydrogens is 582 g/mol. The smallest absolute Gasteiger partial charge is 0.338 e. The van der Waals surface area contributed by atoms with Crippen LogP contribution in [0.25, 0.3) is 6.08 Å². The quantitative estimate of drug-likeness (QED) is 0.360. The summed E-state index contributed by atoms with van der Waals surface area (Å²) in [6, 6.07) is 11.5. The second kappa shape index (κ2) is 12.9. The van der Waals surface area contributed by atoms with Gasteiger partial charge in [0.2, 0.25) is 0 Å². The van der Waals surface area contributed by atoms with Gasteiger partial charge in [-0.3, -0.25) is 14.2 Å². The Hall–Kier alpha value is -3.93. The number of carbonyl (C=O) groups is 2. The van der Waals surface area contributed by atoms with Gasteiger partial charge in [0, 0.05) is 18.1 Å². The van der Waals surface area contributed by atoms with Crippen LogP contribution < -0.4 is 24.4 Å². The van der Waals surface area contributed by atoms with E-state index in [1.54, 1.807) is 67.3 Å². The van der Waals surface area contributed by atoms with Crippen molar-refractivity contribution in [1.82, 2.24) is 9.47 Å². The first-order valence-corrected chi connectivity index (χ1v) is 14.6. The molecule has 12 heteroatoms. The third-order valence-corrected chi connectivity index (χ3v) is 8.14. The third kappa shape index (κ3) is 6.13. The van der Waals surface area contributed by atoms with Crippen LogP contribution in [0.2, 0.25) is 5.02 Å². The van der Waals surface area contributed by atoms with E-state index in [0.29, 0.717) is 74.6 Å². The van der Waals surface area contributed by atoms with Gasteiger partial charge in [-0.05, 0) is 55.3 Å². The molecule has 1 saturated heterocycles. The molecule has 3 aromatic rings. The normalized spacial score (nSPS) is 17.0. The van der Waals surface area contributed by atoms with Crippen LogP contribution in [0.4, 0.5) is 0 Å². The van der Waals surface area contributed by atoms with Crippen LogP contribution in [0.15, 0.2) is 63.5 Å². The fourth-order valence-electron chi connectivity index (χ4n) is 4.84. The van der Waals surface area contributed by atoms with E-state index in [1.807, 2.05) is 0 Å². The van der Waals surface area contributed by atoms with Crippen molar-refractivity contribution in [1.29, 1.82) is 0 Å². The van der Waals surface area contributed by atoms with Crippen LogP contribution in [-0.2, 0) is 19.1 Å². The Morgan fingerprint density at radius 2 is 1.88 bits per heavy atom. The second-order valence-corrected chi connectivity index (χ2v) is 11.0.